The maximum atomic E-state index is 12.1. The van der Waals surface area contributed by atoms with Gasteiger partial charge in [-0.05, 0) is 19.4 Å². The summed E-state index contributed by atoms with van der Waals surface area (Å²) in [6.45, 7) is 4.89. The summed E-state index contributed by atoms with van der Waals surface area (Å²) >= 11 is 0. The van der Waals surface area contributed by atoms with E-state index >= 15 is 0 Å². The van der Waals surface area contributed by atoms with Crippen molar-refractivity contribution < 1.29 is 0 Å². The summed E-state index contributed by atoms with van der Waals surface area (Å²) in [6.07, 6.45) is 6.31. The molecule has 0 aliphatic heterocycles. The van der Waals surface area contributed by atoms with Crippen molar-refractivity contribution in [1.29, 1.82) is 0 Å². The molecule has 0 atom stereocenters. The monoisotopic (exact) mass is 233 g/mol. The third kappa shape index (κ3) is 2.57. The van der Waals surface area contributed by atoms with Crippen LogP contribution >= 0.6 is 0 Å². The van der Waals surface area contributed by atoms with Crippen LogP contribution in [0, 0.1) is 6.92 Å². The van der Waals surface area contributed by atoms with Crippen LogP contribution in [0.4, 0.5) is 0 Å². The average molecular weight is 233 g/mol. The van der Waals surface area contributed by atoms with Crippen molar-refractivity contribution >= 4 is 11.0 Å². The maximum Gasteiger partial charge on any atom is 0.262 e. The molecule has 4 heteroatoms. The van der Waals surface area contributed by atoms with Crippen LogP contribution in [0.25, 0.3) is 11.0 Å². The summed E-state index contributed by atoms with van der Waals surface area (Å²) in [5.41, 5.74) is 1.74. The molecule has 92 valence electrons. The predicted molar refractivity (Wildman–Crippen MR) is 69.2 cm³/mol. The first-order valence-electron chi connectivity index (χ1n) is 6.27. The molecule has 0 saturated heterocycles. The van der Waals surface area contributed by atoms with Gasteiger partial charge in [0, 0.05) is 12.2 Å². The maximum absolute atomic E-state index is 12.1. The van der Waals surface area contributed by atoms with Crippen LogP contribution in [-0.2, 0) is 6.54 Å². The van der Waals surface area contributed by atoms with E-state index in [0.717, 1.165) is 18.7 Å². The molecule has 2 rings (SSSR count). The van der Waals surface area contributed by atoms with Crippen molar-refractivity contribution in [3.63, 3.8) is 0 Å². The molecular formula is C13H19N3O. The lowest BCUT2D eigenvalue weighted by Gasteiger charge is -2.04. The highest BCUT2D eigenvalue weighted by Gasteiger charge is 2.05. The van der Waals surface area contributed by atoms with Gasteiger partial charge in [-0.3, -0.25) is 9.36 Å². The Bertz CT molecular complexity index is 553. The van der Waals surface area contributed by atoms with E-state index in [4.69, 9.17) is 0 Å². The first-order chi connectivity index (χ1) is 8.22. The van der Waals surface area contributed by atoms with Gasteiger partial charge in [-0.25, -0.2) is 4.98 Å². The van der Waals surface area contributed by atoms with Crippen LogP contribution in [-0.4, -0.2) is 14.5 Å². The third-order valence-electron chi connectivity index (χ3n) is 3.00. The highest BCUT2D eigenvalue weighted by molar-refractivity contribution is 5.74. The summed E-state index contributed by atoms with van der Waals surface area (Å²) in [6, 6.07) is 1.87. The van der Waals surface area contributed by atoms with E-state index in [9.17, 15) is 4.79 Å². The minimum absolute atomic E-state index is 0.0656. The molecule has 2 aromatic heterocycles. The number of aromatic amines is 1. The average Bonchev–Trinajstić information content (AvgIpc) is 2.69. The Morgan fingerprint density at radius 2 is 2.18 bits per heavy atom. The van der Waals surface area contributed by atoms with Crippen LogP contribution in [0.1, 0.15) is 38.3 Å². The molecule has 0 bridgehead atoms. The molecule has 17 heavy (non-hydrogen) atoms. The van der Waals surface area contributed by atoms with E-state index in [-0.39, 0.29) is 5.56 Å². The minimum Gasteiger partial charge on any atom is -0.343 e. The van der Waals surface area contributed by atoms with Crippen molar-refractivity contribution in [2.45, 2.75) is 46.1 Å². The third-order valence-corrected chi connectivity index (χ3v) is 3.00. The number of nitrogens with one attached hydrogen (secondary N) is 1. The Morgan fingerprint density at radius 1 is 1.35 bits per heavy atom. The number of aryl methyl sites for hydroxylation is 2. The van der Waals surface area contributed by atoms with E-state index in [1.807, 2.05) is 13.0 Å². The fourth-order valence-corrected chi connectivity index (χ4v) is 2.04. The number of H-pyrrole nitrogens is 1. The molecule has 2 heterocycles. The molecular weight excluding hydrogens is 214 g/mol. The van der Waals surface area contributed by atoms with E-state index in [2.05, 4.69) is 16.9 Å². The zero-order chi connectivity index (χ0) is 12.3. The van der Waals surface area contributed by atoms with Crippen molar-refractivity contribution in [3.8, 4) is 0 Å². The highest BCUT2D eigenvalue weighted by atomic mass is 16.1. The SMILES string of the molecule is CCCCCCn1cnc2[nH]c(C)cc2c1=O. The number of hydrogen-bond donors (Lipinski definition) is 1. The standard InChI is InChI=1S/C13H19N3O/c1-3-4-5-6-7-16-9-14-12-11(13(16)17)8-10(2)15-12/h8-9,15H,3-7H2,1-2H3. The molecule has 0 unspecified atom stereocenters. The predicted octanol–water partition coefficient (Wildman–Crippen LogP) is 2.61. The number of nitrogens with zero attached hydrogens (tertiary/aromatic N) is 2. The number of aromatic nitrogens is 3. The minimum atomic E-state index is 0.0656. The van der Waals surface area contributed by atoms with Gasteiger partial charge in [0.05, 0.1) is 11.7 Å². The summed E-state index contributed by atoms with van der Waals surface area (Å²) in [5, 5.41) is 0.695. The van der Waals surface area contributed by atoms with Crippen LogP contribution < -0.4 is 5.56 Å². The van der Waals surface area contributed by atoms with Gasteiger partial charge in [0.1, 0.15) is 5.65 Å². The molecule has 0 aliphatic rings. The Balaban J connectivity index is 2.18. The first-order valence-corrected chi connectivity index (χ1v) is 6.27. The van der Waals surface area contributed by atoms with Gasteiger partial charge in [0.15, 0.2) is 0 Å². The zero-order valence-electron chi connectivity index (χ0n) is 10.5. The van der Waals surface area contributed by atoms with Crippen LogP contribution in [0.15, 0.2) is 17.2 Å². The van der Waals surface area contributed by atoms with Crippen LogP contribution in [0.3, 0.4) is 0 Å². The topological polar surface area (TPSA) is 50.7 Å². The van der Waals surface area contributed by atoms with E-state index in [1.165, 1.54) is 19.3 Å². The van der Waals surface area contributed by atoms with Crippen molar-refractivity contribution in [3.05, 3.63) is 28.4 Å². The largest absolute Gasteiger partial charge is 0.343 e. The molecule has 0 spiro atoms. The van der Waals surface area contributed by atoms with Gasteiger partial charge in [-0.15, -0.1) is 0 Å². The molecule has 0 radical (unpaired) electrons. The molecule has 0 aliphatic carbocycles. The number of rotatable bonds is 5. The first kappa shape index (κ1) is 11.9. The molecule has 0 saturated carbocycles. The van der Waals surface area contributed by atoms with Gasteiger partial charge < -0.3 is 4.98 Å². The fourth-order valence-electron chi connectivity index (χ4n) is 2.04. The molecule has 0 fully saturated rings. The van der Waals surface area contributed by atoms with Crippen molar-refractivity contribution in [2.24, 2.45) is 0 Å². The Labute approximate surface area is 101 Å². The van der Waals surface area contributed by atoms with E-state index in [0.29, 0.717) is 11.0 Å². The quantitative estimate of drug-likeness (QED) is 0.807. The fraction of sp³-hybridized carbons (Fsp3) is 0.538. The summed E-state index contributed by atoms with van der Waals surface area (Å²) in [7, 11) is 0. The second-order valence-corrected chi connectivity index (χ2v) is 4.52. The van der Waals surface area contributed by atoms with Crippen LogP contribution in [0.2, 0.25) is 0 Å². The number of hydrogen-bond acceptors (Lipinski definition) is 2. The van der Waals surface area contributed by atoms with E-state index < -0.39 is 0 Å². The molecule has 0 aromatic carbocycles. The van der Waals surface area contributed by atoms with Gasteiger partial charge >= 0.3 is 0 Å². The smallest absolute Gasteiger partial charge is 0.262 e. The Morgan fingerprint density at radius 3 is 2.94 bits per heavy atom. The van der Waals surface area contributed by atoms with Gasteiger partial charge in [0.2, 0.25) is 0 Å². The zero-order valence-corrected chi connectivity index (χ0v) is 10.5. The lowest BCUT2D eigenvalue weighted by atomic mass is 10.2. The molecule has 2 aromatic rings. The summed E-state index contributed by atoms with van der Waals surface area (Å²) in [4.78, 5) is 19.5. The molecule has 4 nitrogen and oxygen atoms in total. The number of fused-ring (bicyclic) bond motifs is 1. The summed E-state index contributed by atoms with van der Waals surface area (Å²) in [5.74, 6) is 0. The second kappa shape index (κ2) is 5.17. The van der Waals surface area contributed by atoms with Gasteiger partial charge in [-0.1, -0.05) is 26.2 Å². The molecule has 0 amide bonds. The Hall–Kier alpha value is -1.58. The van der Waals surface area contributed by atoms with Crippen LogP contribution in [0.5, 0.6) is 0 Å². The van der Waals surface area contributed by atoms with Crippen molar-refractivity contribution in [1.82, 2.24) is 14.5 Å². The lowest BCUT2D eigenvalue weighted by molar-refractivity contribution is 0.567. The summed E-state index contributed by atoms with van der Waals surface area (Å²) < 4.78 is 1.71. The number of unbranched alkanes of at least 4 members (excludes halogenated alkanes) is 3. The van der Waals surface area contributed by atoms with Crippen molar-refractivity contribution in [2.75, 3.05) is 0 Å². The normalized spacial score (nSPS) is 11.2. The highest BCUT2D eigenvalue weighted by Crippen LogP contribution is 2.07. The van der Waals surface area contributed by atoms with Gasteiger partial charge in [-0.2, -0.15) is 0 Å². The molecule has 1 N–H and O–H groups in total. The second-order valence-electron chi connectivity index (χ2n) is 4.52. The van der Waals surface area contributed by atoms with Gasteiger partial charge in [0.25, 0.3) is 5.56 Å². The Kier molecular flexibility index (Phi) is 3.61. The van der Waals surface area contributed by atoms with E-state index in [1.54, 1.807) is 10.9 Å². The lowest BCUT2D eigenvalue weighted by Crippen LogP contribution is -2.20.